The van der Waals surface area contributed by atoms with Crippen LogP contribution in [0.3, 0.4) is 0 Å². The highest BCUT2D eigenvalue weighted by molar-refractivity contribution is 6.74. The van der Waals surface area contributed by atoms with Crippen LogP contribution in [0, 0.1) is 11.8 Å². The molecule has 10 heteroatoms. The highest BCUT2D eigenvalue weighted by Gasteiger charge is 2.43. The van der Waals surface area contributed by atoms with Gasteiger partial charge in [0.25, 0.3) is 17.4 Å². The summed E-state index contributed by atoms with van der Waals surface area (Å²) in [5.74, 6) is -2.78. The van der Waals surface area contributed by atoms with Crippen LogP contribution in [0.25, 0.3) is 10.9 Å². The summed E-state index contributed by atoms with van der Waals surface area (Å²) in [6, 6.07) is 6.78. The van der Waals surface area contributed by atoms with Crippen LogP contribution in [0.4, 0.5) is 0 Å². The first-order chi connectivity index (χ1) is 16.9. The molecule has 2 aromatic rings. The van der Waals surface area contributed by atoms with Crippen molar-refractivity contribution in [2.75, 3.05) is 5.01 Å². The lowest BCUT2D eigenvalue weighted by Gasteiger charge is -2.41. The molecule has 0 fully saturated rings. The maximum Gasteiger partial charge on any atom is 0.303 e. The number of ether oxygens (including phenoxy) is 1. The number of aromatic nitrogens is 2. The van der Waals surface area contributed by atoms with Gasteiger partial charge in [-0.2, -0.15) is 9.69 Å². The van der Waals surface area contributed by atoms with Crippen molar-refractivity contribution >= 4 is 37.0 Å². The number of hydrogen-bond acceptors (Lipinski definition) is 7. The molecule has 0 aliphatic carbocycles. The van der Waals surface area contributed by atoms with E-state index in [-0.39, 0.29) is 22.2 Å². The summed E-state index contributed by atoms with van der Waals surface area (Å²) >= 11 is 0. The molecule has 0 N–H and O–H groups in total. The maximum absolute atomic E-state index is 14.0. The van der Waals surface area contributed by atoms with E-state index in [4.69, 9.17) is 14.1 Å². The van der Waals surface area contributed by atoms with Gasteiger partial charge in [0, 0.05) is 12.8 Å². The number of carbonyl (C=O) groups excluding carboxylic acids is 3. The molecule has 9 nitrogen and oxygen atoms in total. The maximum atomic E-state index is 14.0. The molecule has 204 valence electrons. The van der Waals surface area contributed by atoms with Crippen molar-refractivity contribution in [2.45, 2.75) is 92.7 Å². The number of fused-ring (bicyclic) bond motifs is 1. The smallest absolute Gasteiger partial charge is 0.303 e. The Kier molecular flexibility index (Phi) is 9.25. The van der Waals surface area contributed by atoms with Gasteiger partial charge in [-0.3, -0.25) is 19.2 Å². The molecule has 0 radical (unpaired) electrons. The number of hydrogen-bond donors (Lipinski definition) is 0. The fourth-order valence-electron chi connectivity index (χ4n) is 3.52. The van der Waals surface area contributed by atoms with Crippen molar-refractivity contribution < 1.29 is 23.5 Å². The van der Waals surface area contributed by atoms with E-state index in [1.54, 1.807) is 38.1 Å². The summed E-state index contributed by atoms with van der Waals surface area (Å²) in [5, 5.41) is 0.880. The van der Waals surface area contributed by atoms with Crippen molar-refractivity contribution in [1.29, 1.82) is 0 Å². The minimum absolute atomic E-state index is 0.144. The number of carbonyl (C=O) groups is 3. The standard InChI is InChI=1S/C27H41N3O6Si/c1-16(2)22(36-37(10,11)27(7,8)9)23-28-21-15-13-12-14-20(21)26(34)29(23)30(24(32)17(3)4)25(33)18(5)35-19(6)31/h12-18,22H,1-11H3/t18-,22-/m0/s1. The molecule has 0 saturated carbocycles. The van der Waals surface area contributed by atoms with Gasteiger partial charge in [0.1, 0.15) is 6.10 Å². The Labute approximate surface area is 220 Å². The molecule has 0 spiro atoms. The second-order valence-corrected chi connectivity index (χ2v) is 16.3. The van der Waals surface area contributed by atoms with Crippen LogP contribution in [0.5, 0.6) is 0 Å². The normalized spacial score (nSPS) is 14.1. The third-order valence-electron chi connectivity index (χ3n) is 6.67. The molecule has 0 aliphatic rings. The number of para-hydroxylation sites is 1. The predicted molar refractivity (Wildman–Crippen MR) is 146 cm³/mol. The summed E-state index contributed by atoms with van der Waals surface area (Å²) in [4.78, 5) is 57.5. The Morgan fingerprint density at radius 3 is 2.05 bits per heavy atom. The third kappa shape index (κ3) is 6.54. The molecule has 2 rings (SSSR count). The van der Waals surface area contributed by atoms with Crippen molar-refractivity contribution in [3.8, 4) is 0 Å². The molecule has 1 aromatic carbocycles. The van der Waals surface area contributed by atoms with E-state index in [1.807, 2.05) is 13.8 Å². The van der Waals surface area contributed by atoms with E-state index in [9.17, 15) is 19.2 Å². The number of imide groups is 1. The fraction of sp³-hybridized carbons (Fsp3) is 0.593. The Bertz CT molecular complexity index is 1230. The van der Waals surface area contributed by atoms with E-state index < -0.39 is 49.8 Å². The highest BCUT2D eigenvalue weighted by atomic mass is 28.4. The molecule has 0 bridgehead atoms. The van der Waals surface area contributed by atoms with Crippen LogP contribution in [-0.4, -0.2) is 41.9 Å². The number of esters is 1. The second kappa shape index (κ2) is 11.3. The molecule has 0 unspecified atom stereocenters. The third-order valence-corrected chi connectivity index (χ3v) is 11.1. The minimum Gasteiger partial charge on any atom is -0.453 e. The van der Waals surface area contributed by atoms with Gasteiger partial charge in [0.2, 0.25) is 0 Å². The van der Waals surface area contributed by atoms with Gasteiger partial charge < -0.3 is 9.16 Å². The van der Waals surface area contributed by atoms with E-state index in [0.29, 0.717) is 5.52 Å². The number of nitrogens with zero attached hydrogens (tertiary/aromatic N) is 3. The van der Waals surface area contributed by atoms with Crippen LogP contribution in [0.2, 0.25) is 18.1 Å². The van der Waals surface area contributed by atoms with Crippen LogP contribution in [0.1, 0.15) is 74.2 Å². The van der Waals surface area contributed by atoms with Gasteiger partial charge in [-0.25, -0.2) is 4.98 Å². The molecular weight excluding hydrogens is 490 g/mol. The lowest BCUT2D eigenvalue weighted by atomic mass is 10.1. The molecule has 2 atom stereocenters. The van der Waals surface area contributed by atoms with Crippen molar-refractivity contribution in [2.24, 2.45) is 11.8 Å². The molecule has 1 heterocycles. The molecule has 2 amide bonds. The van der Waals surface area contributed by atoms with Crippen LogP contribution >= 0.6 is 0 Å². The summed E-state index contributed by atoms with van der Waals surface area (Å²) in [6.45, 7) is 20.2. The quantitative estimate of drug-likeness (QED) is 0.358. The number of amides is 2. The molecule has 0 saturated heterocycles. The first kappa shape index (κ1) is 30.4. The molecular formula is C27H41N3O6Si. The molecule has 1 aromatic heterocycles. The van der Waals surface area contributed by atoms with Crippen LogP contribution < -0.4 is 10.6 Å². The number of rotatable bonds is 8. The van der Waals surface area contributed by atoms with Crippen molar-refractivity contribution in [1.82, 2.24) is 9.66 Å². The van der Waals surface area contributed by atoms with E-state index in [1.165, 1.54) is 13.8 Å². The second-order valence-electron chi connectivity index (χ2n) is 11.5. The zero-order chi connectivity index (χ0) is 28.5. The van der Waals surface area contributed by atoms with Crippen molar-refractivity contribution in [3.05, 3.63) is 40.4 Å². The molecule has 0 aliphatic heterocycles. The van der Waals surface area contributed by atoms with E-state index in [0.717, 1.165) is 9.69 Å². The van der Waals surface area contributed by atoms with Gasteiger partial charge >= 0.3 is 5.97 Å². The lowest BCUT2D eigenvalue weighted by molar-refractivity contribution is -0.153. The van der Waals surface area contributed by atoms with Gasteiger partial charge in [-0.15, -0.1) is 0 Å². The topological polar surface area (TPSA) is 108 Å². The Morgan fingerprint density at radius 1 is 1.00 bits per heavy atom. The fourth-order valence-corrected chi connectivity index (χ4v) is 4.89. The van der Waals surface area contributed by atoms with Crippen LogP contribution in [-0.2, 0) is 23.5 Å². The van der Waals surface area contributed by atoms with Crippen molar-refractivity contribution in [3.63, 3.8) is 0 Å². The van der Waals surface area contributed by atoms with Gasteiger partial charge in [0.05, 0.1) is 10.9 Å². The van der Waals surface area contributed by atoms with Gasteiger partial charge in [0.15, 0.2) is 20.2 Å². The average molecular weight is 532 g/mol. The van der Waals surface area contributed by atoms with E-state index >= 15 is 0 Å². The Hall–Kier alpha value is -2.85. The highest BCUT2D eigenvalue weighted by Crippen LogP contribution is 2.41. The Balaban J connectivity index is 2.96. The summed E-state index contributed by atoms with van der Waals surface area (Å²) in [5.41, 5.74) is -0.150. The molecule has 37 heavy (non-hydrogen) atoms. The largest absolute Gasteiger partial charge is 0.453 e. The SMILES string of the molecule is CC(=O)O[C@@H](C)C(=O)N(C(=O)C(C)C)n1c([C@@H](O[Si](C)(C)C(C)(C)C)C(C)C)nc2ccccc2c1=O. The zero-order valence-corrected chi connectivity index (χ0v) is 24.9. The summed E-state index contributed by atoms with van der Waals surface area (Å²) in [7, 11) is -2.39. The van der Waals surface area contributed by atoms with Gasteiger partial charge in [-0.05, 0) is 43.1 Å². The van der Waals surface area contributed by atoms with E-state index in [2.05, 4.69) is 33.9 Å². The number of benzene rings is 1. The first-order valence-corrected chi connectivity index (χ1v) is 15.6. The predicted octanol–water partition coefficient (Wildman–Crippen LogP) is 4.71. The minimum atomic E-state index is -2.39. The monoisotopic (exact) mass is 531 g/mol. The zero-order valence-electron chi connectivity index (χ0n) is 23.9. The van der Waals surface area contributed by atoms with Gasteiger partial charge in [-0.1, -0.05) is 60.6 Å². The van der Waals surface area contributed by atoms with Crippen LogP contribution in [0.15, 0.2) is 29.1 Å². The summed E-state index contributed by atoms with van der Waals surface area (Å²) < 4.78 is 12.9. The summed E-state index contributed by atoms with van der Waals surface area (Å²) in [6.07, 6.45) is -2.00. The average Bonchev–Trinajstić information content (AvgIpc) is 2.77. The Morgan fingerprint density at radius 2 is 1.57 bits per heavy atom. The first-order valence-electron chi connectivity index (χ1n) is 12.7. The lowest BCUT2D eigenvalue weighted by Crippen LogP contribution is -2.57.